The van der Waals surface area contributed by atoms with Crippen LogP contribution in [-0.2, 0) is 6.42 Å². The van der Waals surface area contributed by atoms with E-state index in [9.17, 15) is 8.78 Å². The standard InChI is InChI=1S/C17H18F2/c1-12(2)13-8-9-14(10-13)16-7-5-4-6-15(16)11-17(3,18)19/h4-9H,1,10-11H2,2-3H3. The quantitative estimate of drug-likeness (QED) is 0.700. The molecule has 2 rings (SSSR count). The Labute approximate surface area is 113 Å². The highest BCUT2D eigenvalue weighted by Crippen LogP contribution is 2.34. The minimum atomic E-state index is -2.68. The van der Waals surface area contributed by atoms with E-state index in [2.05, 4.69) is 6.58 Å². The molecule has 1 aromatic rings. The Morgan fingerprint density at radius 2 is 1.95 bits per heavy atom. The molecule has 2 heteroatoms. The summed E-state index contributed by atoms with van der Waals surface area (Å²) in [4.78, 5) is 0. The summed E-state index contributed by atoms with van der Waals surface area (Å²) in [7, 11) is 0. The molecule has 0 fully saturated rings. The van der Waals surface area contributed by atoms with E-state index in [1.165, 1.54) is 5.57 Å². The van der Waals surface area contributed by atoms with Gasteiger partial charge in [0.25, 0.3) is 0 Å². The highest BCUT2D eigenvalue weighted by molar-refractivity contribution is 5.75. The molecular formula is C17H18F2. The lowest BCUT2D eigenvalue weighted by Crippen LogP contribution is -2.14. The van der Waals surface area contributed by atoms with Crippen LogP contribution in [0.3, 0.4) is 0 Å². The van der Waals surface area contributed by atoms with E-state index < -0.39 is 5.92 Å². The van der Waals surface area contributed by atoms with Crippen LogP contribution in [0.2, 0.25) is 0 Å². The molecular weight excluding hydrogens is 242 g/mol. The van der Waals surface area contributed by atoms with Crippen LogP contribution in [0.25, 0.3) is 5.57 Å². The van der Waals surface area contributed by atoms with Crippen molar-refractivity contribution in [3.05, 3.63) is 65.3 Å². The van der Waals surface area contributed by atoms with E-state index in [0.717, 1.165) is 30.1 Å². The lowest BCUT2D eigenvalue weighted by molar-refractivity contribution is 0.0225. The Morgan fingerprint density at radius 3 is 2.53 bits per heavy atom. The minimum Gasteiger partial charge on any atom is -0.207 e. The fraction of sp³-hybridized carbons (Fsp3) is 0.294. The molecule has 100 valence electrons. The monoisotopic (exact) mass is 260 g/mol. The van der Waals surface area contributed by atoms with Gasteiger partial charge in [-0.05, 0) is 42.5 Å². The van der Waals surface area contributed by atoms with Crippen molar-refractivity contribution in [2.45, 2.75) is 32.6 Å². The van der Waals surface area contributed by atoms with Gasteiger partial charge in [-0.2, -0.15) is 0 Å². The third-order valence-corrected chi connectivity index (χ3v) is 3.28. The smallest absolute Gasteiger partial charge is 0.207 e. The molecule has 0 heterocycles. The summed E-state index contributed by atoms with van der Waals surface area (Å²) in [6, 6.07) is 7.41. The molecule has 0 saturated heterocycles. The van der Waals surface area contributed by atoms with Crippen molar-refractivity contribution in [2.24, 2.45) is 0 Å². The highest BCUT2D eigenvalue weighted by atomic mass is 19.3. The van der Waals surface area contributed by atoms with E-state index >= 15 is 0 Å². The Bertz CT molecular complexity index is 557. The molecule has 1 aliphatic carbocycles. The first-order valence-electron chi connectivity index (χ1n) is 6.38. The number of rotatable bonds is 4. The number of hydrogen-bond acceptors (Lipinski definition) is 0. The van der Waals surface area contributed by atoms with E-state index in [4.69, 9.17) is 0 Å². The zero-order chi connectivity index (χ0) is 14.0. The van der Waals surface area contributed by atoms with Gasteiger partial charge in [0.05, 0.1) is 0 Å². The maximum Gasteiger partial charge on any atom is 0.249 e. The summed E-state index contributed by atoms with van der Waals surface area (Å²) in [6.45, 7) is 6.86. The van der Waals surface area contributed by atoms with Crippen molar-refractivity contribution in [3.8, 4) is 0 Å². The maximum absolute atomic E-state index is 13.2. The molecule has 0 aromatic heterocycles. The van der Waals surface area contributed by atoms with Crippen molar-refractivity contribution in [2.75, 3.05) is 0 Å². The first kappa shape index (κ1) is 13.7. The molecule has 0 nitrogen and oxygen atoms in total. The molecule has 0 spiro atoms. The van der Waals surface area contributed by atoms with Crippen LogP contribution in [0.4, 0.5) is 8.78 Å². The number of alkyl halides is 2. The SMILES string of the molecule is C=C(C)C1=CC=C(c2ccccc2CC(C)(F)F)C1. The van der Waals surface area contributed by atoms with Gasteiger partial charge >= 0.3 is 0 Å². The van der Waals surface area contributed by atoms with Gasteiger partial charge in [-0.25, -0.2) is 8.78 Å². The molecule has 1 aliphatic rings. The molecule has 0 amide bonds. The molecule has 0 saturated carbocycles. The summed E-state index contributed by atoms with van der Waals surface area (Å²) >= 11 is 0. The fourth-order valence-electron chi connectivity index (χ4n) is 2.32. The van der Waals surface area contributed by atoms with E-state index in [0.29, 0.717) is 5.56 Å². The van der Waals surface area contributed by atoms with Gasteiger partial charge < -0.3 is 0 Å². The van der Waals surface area contributed by atoms with Crippen molar-refractivity contribution < 1.29 is 8.78 Å². The fourth-order valence-corrected chi connectivity index (χ4v) is 2.32. The molecule has 0 aliphatic heterocycles. The Morgan fingerprint density at radius 1 is 1.26 bits per heavy atom. The summed E-state index contributed by atoms with van der Waals surface area (Å²) in [5.41, 5.74) is 4.93. The lowest BCUT2D eigenvalue weighted by atomic mass is 9.93. The predicted octanol–water partition coefficient (Wildman–Crippen LogP) is 5.17. The molecule has 0 bridgehead atoms. The summed E-state index contributed by atoms with van der Waals surface area (Å²) in [5.74, 6) is -2.68. The molecule has 0 atom stereocenters. The van der Waals surface area contributed by atoms with Gasteiger partial charge in [0.1, 0.15) is 0 Å². The molecule has 0 N–H and O–H groups in total. The van der Waals surface area contributed by atoms with E-state index in [1.54, 1.807) is 6.07 Å². The second-order valence-electron chi connectivity index (χ2n) is 5.25. The van der Waals surface area contributed by atoms with Crippen LogP contribution < -0.4 is 0 Å². The summed E-state index contributed by atoms with van der Waals surface area (Å²) in [6.07, 6.45) is 4.60. The Kier molecular flexibility index (Phi) is 3.70. The van der Waals surface area contributed by atoms with Crippen LogP contribution in [0.5, 0.6) is 0 Å². The molecule has 19 heavy (non-hydrogen) atoms. The first-order valence-corrected chi connectivity index (χ1v) is 6.38. The van der Waals surface area contributed by atoms with E-state index in [1.807, 2.05) is 37.3 Å². The Balaban J connectivity index is 2.26. The second kappa shape index (κ2) is 5.12. The number of allylic oxidation sites excluding steroid dienone is 5. The van der Waals surface area contributed by atoms with Gasteiger partial charge in [0.2, 0.25) is 5.92 Å². The normalized spacial score (nSPS) is 15.2. The van der Waals surface area contributed by atoms with Gasteiger partial charge in [0, 0.05) is 6.42 Å². The third kappa shape index (κ3) is 3.40. The Hall–Kier alpha value is -1.70. The molecule has 0 unspecified atom stereocenters. The predicted molar refractivity (Wildman–Crippen MR) is 76.3 cm³/mol. The number of halogens is 2. The van der Waals surface area contributed by atoms with Crippen LogP contribution in [0, 0.1) is 0 Å². The van der Waals surface area contributed by atoms with E-state index in [-0.39, 0.29) is 6.42 Å². The van der Waals surface area contributed by atoms with Crippen LogP contribution >= 0.6 is 0 Å². The zero-order valence-corrected chi connectivity index (χ0v) is 11.3. The van der Waals surface area contributed by atoms with Crippen molar-refractivity contribution >= 4 is 5.57 Å². The zero-order valence-electron chi connectivity index (χ0n) is 11.3. The highest BCUT2D eigenvalue weighted by Gasteiger charge is 2.24. The lowest BCUT2D eigenvalue weighted by Gasteiger charge is -2.15. The number of benzene rings is 1. The largest absolute Gasteiger partial charge is 0.249 e. The summed E-state index contributed by atoms with van der Waals surface area (Å²) < 4.78 is 26.5. The summed E-state index contributed by atoms with van der Waals surface area (Å²) in [5, 5.41) is 0. The maximum atomic E-state index is 13.2. The topological polar surface area (TPSA) is 0 Å². The van der Waals surface area contributed by atoms with Gasteiger partial charge in [-0.3, -0.25) is 0 Å². The third-order valence-electron chi connectivity index (χ3n) is 3.28. The number of hydrogen-bond donors (Lipinski definition) is 0. The average molecular weight is 260 g/mol. The van der Waals surface area contributed by atoms with Crippen molar-refractivity contribution in [1.82, 2.24) is 0 Å². The van der Waals surface area contributed by atoms with Crippen LogP contribution in [0.15, 0.2) is 54.1 Å². The van der Waals surface area contributed by atoms with Gasteiger partial charge in [-0.1, -0.05) is 48.6 Å². The van der Waals surface area contributed by atoms with Crippen molar-refractivity contribution in [1.29, 1.82) is 0 Å². The molecule has 0 radical (unpaired) electrons. The van der Waals surface area contributed by atoms with Gasteiger partial charge in [0.15, 0.2) is 0 Å². The average Bonchev–Trinajstić information content (AvgIpc) is 2.76. The first-order chi connectivity index (χ1) is 8.87. The molecule has 1 aromatic carbocycles. The second-order valence-corrected chi connectivity index (χ2v) is 5.25. The minimum absolute atomic E-state index is 0.219. The van der Waals surface area contributed by atoms with Gasteiger partial charge in [-0.15, -0.1) is 0 Å². The van der Waals surface area contributed by atoms with Crippen LogP contribution in [0.1, 0.15) is 31.4 Å². The van der Waals surface area contributed by atoms with Crippen LogP contribution in [-0.4, -0.2) is 5.92 Å². The van der Waals surface area contributed by atoms with Crippen molar-refractivity contribution in [3.63, 3.8) is 0 Å².